The molecule has 0 saturated heterocycles. The number of aromatic nitrogens is 2. The van der Waals surface area contributed by atoms with Crippen molar-refractivity contribution in [1.82, 2.24) is 19.4 Å². The Kier molecular flexibility index (Phi) is 4.32. The van der Waals surface area contributed by atoms with Gasteiger partial charge in [0.2, 0.25) is 0 Å². The fraction of sp³-hybridized carbons (Fsp3) is 0.421. The molecular weight excluding hydrogens is 335 g/mol. The van der Waals surface area contributed by atoms with Crippen molar-refractivity contribution in [2.24, 2.45) is 0 Å². The second-order valence-electron chi connectivity index (χ2n) is 6.95. The van der Waals surface area contributed by atoms with Crippen LogP contribution in [0.2, 0.25) is 0 Å². The predicted molar refractivity (Wildman–Crippen MR) is 94.5 cm³/mol. The van der Waals surface area contributed by atoms with Crippen LogP contribution in [0, 0.1) is 5.82 Å². The van der Waals surface area contributed by atoms with E-state index >= 15 is 0 Å². The van der Waals surface area contributed by atoms with Gasteiger partial charge in [0.1, 0.15) is 11.6 Å². The lowest BCUT2D eigenvalue weighted by molar-refractivity contribution is 0.0758. The molecular formula is C19H21FN4O2. The fourth-order valence-electron chi connectivity index (χ4n) is 3.69. The third kappa shape index (κ3) is 3.03. The molecule has 6 nitrogen and oxygen atoms in total. The van der Waals surface area contributed by atoms with Gasteiger partial charge in [-0.15, -0.1) is 0 Å². The van der Waals surface area contributed by atoms with Crippen molar-refractivity contribution >= 4 is 5.91 Å². The van der Waals surface area contributed by atoms with E-state index in [-0.39, 0.29) is 11.5 Å². The third-order valence-electron chi connectivity index (χ3n) is 5.14. The normalized spacial score (nSPS) is 17.4. The Morgan fingerprint density at radius 3 is 2.81 bits per heavy atom. The summed E-state index contributed by atoms with van der Waals surface area (Å²) in [6, 6.07) is 5.72. The summed E-state index contributed by atoms with van der Waals surface area (Å²) < 4.78 is 15.1. The largest absolute Gasteiger partial charge is 0.336 e. The van der Waals surface area contributed by atoms with Gasteiger partial charge in [0.25, 0.3) is 11.5 Å². The Balaban J connectivity index is 1.61. The molecule has 26 heavy (non-hydrogen) atoms. The molecule has 1 aromatic heterocycles. The molecule has 7 heteroatoms. The molecule has 1 amide bonds. The van der Waals surface area contributed by atoms with Crippen LogP contribution in [0.3, 0.4) is 0 Å². The molecule has 4 rings (SSSR count). The van der Waals surface area contributed by atoms with E-state index in [9.17, 15) is 14.0 Å². The Morgan fingerprint density at radius 1 is 1.15 bits per heavy atom. The highest BCUT2D eigenvalue weighted by Gasteiger charge is 2.25. The first-order chi connectivity index (χ1) is 12.5. The Hall–Kier alpha value is -2.54. The zero-order chi connectivity index (χ0) is 18.3. The minimum absolute atomic E-state index is 0.0107. The van der Waals surface area contributed by atoms with Crippen LogP contribution in [0.1, 0.15) is 27.4 Å². The molecule has 136 valence electrons. The third-order valence-corrected chi connectivity index (χ3v) is 5.14. The van der Waals surface area contributed by atoms with Crippen molar-refractivity contribution in [2.45, 2.75) is 25.9 Å². The van der Waals surface area contributed by atoms with Crippen LogP contribution in [0.15, 0.2) is 29.1 Å². The van der Waals surface area contributed by atoms with Crippen molar-refractivity contribution in [3.63, 3.8) is 0 Å². The van der Waals surface area contributed by atoms with Crippen LogP contribution in [0.25, 0.3) is 0 Å². The maximum absolute atomic E-state index is 13.4. The lowest BCUT2D eigenvalue weighted by Gasteiger charge is -2.25. The standard InChI is InChI=1S/C19H21FN4O2/c1-22-7-5-16-15(12-22)19(26)24-10-9-23(8-6-17(24)21-16)18(25)13-3-2-4-14(20)11-13/h2-4,11H,5-10,12H2,1H3. The zero-order valence-corrected chi connectivity index (χ0v) is 14.7. The molecule has 2 aliphatic rings. The number of likely N-dealkylation sites (N-methyl/N-ethyl adjacent to an activating group) is 1. The number of nitrogens with zero attached hydrogens (tertiary/aromatic N) is 4. The summed E-state index contributed by atoms with van der Waals surface area (Å²) in [6.07, 6.45) is 1.31. The molecule has 2 aliphatic heterocycles. The molecule has 1 aromatic carbocycles. The van der Waals surface area contributed by atoms with Crippen LogP contribution in [0.5, 0.6) is 0 Å². The van der Waals surface area contributed by atoms with E-state index < -0.39 is 5.82 Å². The van der Waals surface area contributed by atoms with E-state index in [1.807, 2.05) is 7.05 Å². The van der Waals surface area contributed by atoms with Gasteiger partial charge >= 0.3 is 0 Å². The Morgan fingerprint density at radius 2 is 2.00 bits per heavy atom. The zero-order valence-electron chi connectivity index (χ0n) is 14.7. The molecule has 0 radical (unpaired) electrons. The number of fused-ring (bicyclic) bond motifs is 2. The van der Waals surface area contributed by atoms with E-state index in [1.165, 1.54) is 18.2 Å². The van der Waals surface area contributed by atoms with Gasteiger partial charge in [-0.3, -0.25) is 14.2 Å². The lowest BCUT2D eigenvalue weighted by Crippen LogP contribution is -2.38. The molecule has 0 spiro atoms. The van der Waals surface area contributed by atoms with Gasteiger partial charge in [0.05, 0.1) is 11.3 Å². The highest BCUT2D eigenvalue weighted by atomic mass is 19.1. The maximum Gasteiger partial charge on any atom is 0.258 e. The first-order valence-corrected chi connectivity index (χ1v) is 8.88. The minimum Gasteiger partial charge on any atom is -0.336 e. The van der Waals surface area contributed by atoms with Crippen molar-refractivity contribution in [3.8, 4) is 0 Å². The molecule has 0 unspecified atom stereocenters. The molecule has 0 aliphatic carbocycles. The van der Waals surface area contributed by atoms with Crippen molar-refractivity contribution in [2.75, 3.05) is 26.7 Å². The number of carbonyl (C=O) groups is 1. The highest BCUT2D eigenvalue weighted by molar-refractivity contribution is 5.94. The molecule has 3 heterocycles. The van der Waals surface area contributed by atoms with Crippen LogP contribution in [-0.2, 0) is 25.9 Å². The first-order valence-electron chi connectivity index (χ1n) is 8.88. The van der Waals surface area contributed by atoms with E-state index in [0.717, 1.165) is 30.0 Å². The molecule has 0 bridgehead atoms. The maximum atomic E-state index is 13.4. The van der Waals surface area contributed by atoms with Gasteiger partial charge in [-0.25, -0.2) is 9.37 Å². The monoisotopic (exact) mass is 356 g/mol. The van der Waals surface area contributed by atoms with Gasteiger partial charge in [0.15, 0.2) is 0 Å². The summed E-state index contributed by atoms with van der Waals surface area (Å²) in [5.74, 6) is 0.103. The number of hydrogen-bond acceptors (Lipinski definition) is 4. The van der Waals surface area contributed by atoms with Crippen molar-refractivity contribution in [3.05, 3.63) is 63.1 Å². The molecule has 0 fully saturated rings. The number of hydrogen-bond donors (Lipinski definition) is 0. The van der Waals surface area contributed by atoms with E-state index in [1.54, 1.807) is 15.5 Å². The quantitative estimate of drug-likeness (QED) is 0.767. The highest BCUT2D eigenvalue weighted by Crippen LogP contribution is 2.16. The number of halogens is 1. The second-order valence-corrected chi connectivity index (χ2v) is 6.95. The Bertz CT molecular complexity index is 924. The number of amides is 1. The number of rotatable bonds is 1. The lowest BCUT2D eigenvalue weighted by atomic mass is 10.1. The summed E-state index contributed by atoms with van der Waals surface area (Å²) >= 11 is 0. The van der Waals surface area contributed by atoms with Gasteiger partial charge in [-0.1, -0.05) is 6.07 Å². The number of benzene rings is 1. The van der Waals surface area contributed by atoms with Gasteiger partial charge in [-0.2, -0.15) is 0 Å². The second kappa shape index (κ2) is 6.64. The molecule has 0 N–H and O–H groups in total. The Labute approximate surface area is 150 Å². The van der Waals surface area contributed by atoms with Gasteiger partial charge in [-0.05, 0) is 25.2 Å². The average molecular weight is 356 g/mol. The van der Waals surface area contributed by atoms with Gasteiger partial charge < -0.3 is 9.80 Å². The van der Waals surface area contributed by atoms with E-state index in [0.29, 0.717) is 38.2 Å². The first kappa shape index (κ1) is 16.9. The van der Waals surface area contributed by atoms with Crippen LogP contribution in [-0.4, -0.2) is 51.9 Å². The van der Waals surface area contributed by atoms with Crippen LogP contribution in [0.4, 0.5) is 4.39 Å². The average Bonchev–Trinajstić information content (AvgIpc) is 2.85. The molecule has 0 atom stereocenters. The minimum atomic E-state index is -0.427. The van der Waals surface area contributed by atoms with Crippen molar-refractivity contribution in [1.29, 1.82) is 0 Å². The van der Waals surface area contributed by atoms with Crippen LogP contribution < -0.4 is 5.56 Å². The van der Waals surface area contributed by atoms with Crippen molar-refractivity contribution < 1.29 is 9.18 Å². The SMILES string of the molecule is CN1CCc2nc3n(c(=O)c2C1)CCN(C(=O)c1cccc(F)c1)CC3. The molecule has 0 saturated carbocycles. The summed E-state index contributed by atoms with van der Waals surface area (Å²) in [7, 11) is 2.00. The summed E-state index contributed by atoms with van der Waals surface area (Å²) in [5, 5.41) is 0. The topological polar surface area (TPSA) is 58.4 Å². The van der Waals surface area contributed by atoms with Gasteiger partial charge in [0, 0.05) is 51.1 Å². The summed E-state index contributed by atoms with van der Waals surface area (Å²) in [6.45, 7) is 2.82. The van der Waals surface area contributed by atoms with E-state index in [4.69, 9.17) is 4.98 Å². The smallest absolute Gasteiger partial charge is 0.258 e. The van der Waals surface area contributed by atoms with E-state index in [2.05, 4.69) is 4.90 Å². The summed E-state index contributed by atoms with van der Waals surface area (Å²) in [4.78, 5) is 34.1. The molecule has 2 aromatic rings. The fourth-order valence-corrected chi connectivity index (χ4v) is 3.69. The summed E-state index contributed by atoms with van der Waals surface area (Å²) in [5.41, 5.74) is 2.01. The predicted octanol–water partition coefficient (Wildman–Crippen LogP) is 1.07. The number of carbonyl (C=O) groups excluding carboxylic acids is 1. The van der Waals surface area contributed by atoms with Crippen LogP contribution >= 0.6 is 0 Å².